The summed E-state index contributed by atoms with van der Waals surface area (Å²) >= 11 is 5.80. The van der Waals surface area contributed by atoms with E-state index in [0.717, 1.165) is 13.2 Å². The Bertz CT molecular complexity index is 628. The van der Waals surface area contributed by atoms with E-state index < -0.39 is 17.5 Å². The number of rotatable bonds is 3. The average Bonchev–Trinajstić information content (AvgIpc) is 2.85. The molecule has 0 spiro atoms. The van der Waals surface area contributed by atoms with Crippen LogP contribution in [0, 0.1) is 0 Å². The van der Waals surface area contributed by atoms with Gasteiger partial charge in [-0.2, -0.15) is 18.2 Å². The molecule has 0 radical (unpaired) electrons. The first-order valence-corrected chi connectivity index (χ1v) is 5.72. The number of ether oxygens (including phenoxy) is 1. The van der Waals surface area contributed by atoms with Crippen LogP contribution >= 0.6 is 11.6 Å². The molecule has 0 aliphatic rings. The Labute approximate surface area is 116 Å². The average molecular weight is 308 g/mol. The fourth-order valence-electron chi connectivity index (χ4n) is 1.60. The standard InChI is InChI=1S/C11H9ClF3N3O2/c1-19-9-6(11(13,14)15)2-5(3-7(9)12)10-17-8(4-16)20-18-10/h2-3H,4,16H2,1H3. The fourth-order valence-corrected chi connectivity index (χ4v) is 1.89. The molecule has 0 aliphatic heterocycles. The van der Waals surface area contributed by atoms with E-state index in [9.17, 15) is 13.2 Å². The molecule has 0 saturated carbocycles. The van der Waals surface area contributed by atoms with E-state index in [1.165, 1.54) is 6.07 Å². The molecular weight excluding hydrogens is 299 g/mol. The van der Waals surface area contributed by atoms with Gasteiger partial charge in [-0.1, -0.05) is 16.8 Å². The summed E-state index contributed by atoms with van der Waals surface area (Å²) in [5, 5.41) is 3.35. The van der Waals surface area contributed by atoms with Crippen molar-refractivity contribution in [1.29, 1.82) is 0 Å². The first-order valence-electron chi connectivity index (χ1n) is 5.34. The van der Waals surface area contributed by atoms with E-state index in [1.54, 1.807) is 0 Å². The van der Waals surface area contributed by atoms with Crippen LogP contribution in [0.15, 0.2) is 16.7 Å². The lowest BCUT2D eigenvalue weighted by atomic mass is 10.1. The summed E-state index contributed by atoms with van der Waals surface area (Å²) in [6.07, 6.45) is -4.62. The van der Waals surface area contributed by atoms with Gasteiger partial charge in [0.05, 0.1) is 24.2 Å². The Morgan fingerprint density at radius 3 is 2.60 bits per heavy atom. The second-order valence-corrected chi connectivity index (χ2v) is 4.16. The highest BCUT2D eigenvalue weighted by Gasteiger charge is 2.36. The second-order valence-electron chi connectivity index (χ2n) is 3.75. The maximum atomic E-state index is 13.0. The maximum absolute atomic E-state index is 13.0. The number of alkyl halides is 3. The predicted octanol–water partition coefficient (Wildman–Crippen LogP) is 2.88. The van der Waals surface area contributed by atoms with Crippen LogP contribution in [-0.2, 0) is 12.7 Å². The zero-order chi connectivity index (χ0) is 14.9. The third kappa shape index (κ3) is 2.70. The van der Waals surface area contributed by atoms with Crippen molar-refractivity contribution in [2.45, 2.75) is 12.7 Å². The molecule has 1 heterocycles. The van der Waals surface area contributed by atoms with Crippen LogP contribution < -0.4 is 10.5 Å². The predicted molar refractivity (Wildman–Crippen MR) is 64.2 cm³/mol. The van der Waals surface area contributed by atoms with Crippen LogP contribution in [0.5, 0.6) is 5.75 Å². The Morgan fingerprint density at radius 1 is 1.40 bits per heavy atom. The number of hydrogen-bond donors (Lipinski definition) is 1. The molecular formula is C11H9ClF3N3O2. The Hall–Kier alpha value is -1.80. The normalized spacial score (nSPS) is 11.7. The van der Waals surface area contributed by atoms with Gasteiger partial charge in [-0.25, -0.2) is 0 Å². The summed E-state index contributed by atoms with van der Waals surface area (Å²) in [4.78, 5) is 3.85. The van der Waals surface area contributed by atoms with Crippen LogP contribution in [0.1, 0.15) is 11.5 Å². The van der Waals surface area contributed by atoms with Gasteiger partial charge in [0.2, 0.25) is 11.7 Å². The van der Waals surface area contributed by atoms with Gasteiger partial charge in [-0.15, -0.1) is 0 Å². The second kappa shape index (κ2) is 5.29. The topological polar surface area (TPSA) is 74.2 Å². The first-order chi connectivity index (χ1) is 9.36. The summed E-state index contributed by atoms with van der Waals surface area (Å²) in [6, 6.07) is 2.11. The number of nitrogens with zero attached hydrogens (tertiary/aromatic N) is 2. The van der Waals surface area contributed by atoms with Crippen molar-refractivity contribution >= 4 is 11.6 Å². The minimum atomic E-state index is -4.62. The Balaban J connectivity index is 2.58. The lowest BCUT2D eigenvalue weighted by Gasteiger charge is -2.14. The lowest BCUT2D eigenvalue weighted by Crippen LogP contribution is -2.08. The van der Waals surface area contributed by atoms with Crippen LogP contribution in [0.25, 0.3) is 11.4 Å². The van der Waals surface area contributed by atoms with E-state index in [2.05, 4.69) is 14.9 Å². The SMILES string of the molecule is COc1c(Cl)cc(-c2noc(CN)n2)cc1C(F)(F)F. The van der Waals surface area contributed by atoms with E-state index >= 15 is 0 Å². The Kier molecular flexibility index (Phi) is 3.87. The summed E-state index contributed by atoms with van der Waals surface area (Å²) in [5.74, 6) is -0.369. The van der Waals surface area contributed by atoms with E-state index in [0.29, 0.717) is 0 Å². The molecule has 0 amide bonds. The maximum Gasteiger partial charge on any atom is 0.420 e. The minimum absolute atomic E-state index is 0.0109. The van der Waals surface area contributed by atoms with Crippen LogP contribution in [-0.4, -0.2) is 17.3 Å². The highest BCUT2D eigenvalue weighted by atomic mass is 35.5. The molecule has 2 rings (SSSR count). The van der Waals surface area contributed by atoms with Gasteiger partial charge in [0.1, 0.15) is 5.75 Å². The van der Waals surface area contributed by atoms with Gasteiger partial charge < -0.3 is 15.0 Å². The van der Waals surface area contributed by atoms with Gasteiger partial charge in [0, 0.05) is 5.56 Å². The van der Waals surface area contributed by atoms with Crippen LogP contribution in [0.2, 0.25) is 5.02 Å². The summed E-state index contributed by atoms with van der Waals surface area (Å²) in [5.41, 5.74) is 4.34. The number of methoxy groups -OCH3 is 1. The van der Waals surface area contributed by atoms with Gasteiger partial charge >= 0.3 is 6.18 Å². The van der Waals surface area contributed by atoms with Gasteiger partial charge in [0.25, 0.3) is 0 Å². The van der Waals surface area contributed by atoms with Crippen molar-refractivity contribution < 1.29 is 22.4 Å². The van der Waals surface area contributed by atoms with Crippen molar-refractivity contribution in [3.05, 3.63) is 28.6 Å². The Morgan fingerprint density at radius 2 is 2.10 bits per heavy atom. The molecule has 0 unspecified atom stereocenters. The van der Waals surface area contributed by atoms with Gasteiger partial charge in [0.15, 0.2) is 0 Å². The van der Waals surface area contributed by atoms with Crippen molar-refractivity contribution in [2.24, 2.45) is 5.73 Å². The molecule has 20 heavy (non-hydrogen) atoms. The zero-order valence-corrected chi connectivity index (χ0v) is 10.9. The largest absolute Gasteiger partial charge is 0.495 e. The molecule has 1 aromatic heterocycles. The minimum Gasteiger partial charge on any atom is -0.495 e. The number of nitrogens with two attached hydrogens (primary N) is 1. The molecule has 9 heteroatoms. The molecule has 0 atom stereocenters. The molecule has 0 saturated heterocycles. The van der Waals surface area contributed by atoms with E-state index in [4.69, 9.17) is 21.9 Å². The number of hydrogen-bond acceptors (Lipinski definition) is 5. The molecule has 5 nitrogen and oxygen atoms in total. The summed E-state index contributed by atoms with van der Waals surface area (Å²) in [6.45, 7) is -0.0109. The highest BCUT2D eigenvalue weighted by Crippen LogP contribution is 2.42. The van der Waals surface area contributed by atoms with Gasteiger partial charge in [-0.05, 0) is 12.1 Å². The number of benzene rings is 1. The third-order valence-electron chi connectivity index (χ3n) is 2.45. The third-order valence-corrected chi connectivity index (χ3v) is 2.73. The number of aromatic nitrogens is 2. The lowest BCUT2D eigenvalue weighted by molar-refractivity contribution is -0.138. The van der Waals surface area contributed by atoms with Crippen molar-refractivity contribution in [3.8, 4) is 17.1 Å². The molecule has 1 aromatic carbocycles. The van der Waals surface area contributed by atoms with Gasteiger partial charge in [-0.3, -0.25) is 0 Å². The molecule has 0 bridgehead atoms. The monoisotopic (exact) mass is 307 g/mol. The van der Waals surface area contributed by atoms with Crippen LogP contribution in [0.4, 0.5) is 13.2 Å². The van der Waals surface area contributed by atoms with Crippen LogP contribution in [0.3, 0.4) is 0 Å². The fraction of sp³-hybridized carbons (Fsp3) is 0.273. The van der Waals surface area contributed by atoms with E-state index in [1.807, 2.05) is 0 Å². The summed E-state index contributed by atoms with van der Waals surface area (Å²) in [7, 11) is 1.11. The van der Waals surface area contributed by atoms with Crippen molar-refractivity contribution in [1.82, 2.24) is 10.1 Å². The molecule has 0 fully saturated rings. The highest BCUT2D eigenvalue weighted by molar-refractivity contribution is 6.32. The number of halogens is 4. The van der Waals surface area contributed by atoms with E-state index in [-0.39, 0.29) is 28.8 Å². The smallest absolute Gasteiger partial charge is 0.420 e. The van der Waals surface area contributed by atoms with Crippen molar-refractivity contribution in [2.75, 3.05) is 7.11 Å². The summed E-state index contributed by atoms with van der Waals surface area (Å²) < 4.78 is 48.3. The molecule has 108 valence electrons. The first kappa shape index (κ1) is 14.6. The van der Waals surface area contributed by atoms with Crippen molar-refractivity contribution in [3.63, 3.8) is 0 Å². The molecule has 2 aromatic rings. The molecule has 2 N–H and O–H groups in total. The molecule has 0 aliphatic carbocycles. The zero-order valence-electron chi connectivity index (χ0n) is 10.2. The quantitative estimate of drug-likeness (QED) is 0.943.